The van der Waals surface area contributed by atoms with Gasteiger partial charge in [-0.2, -0.15) is 0 Å². The number of nitrogens with zero attached hydrogens (tertiary/aromatic N) is 2. The Morgan fingerprint density at radius 2 is 1.94 bits per heavy atom. The van der Waals surface area contributed by atoms with Crippen molar-refractivity contribution in [3.05, 3.63) is 53.5 Å². The number of carbonyl (C=O) groups excluding carboxylic acids is 1. The second-order valence-electron chi connectivity index (χ2n) is 8.82. The fourth-order valence-electron chi connectivity index (χ4n) is 4.40. The first kappa shape index (κ1) is 25.2. The lowest BCUT2D eigenvalue weighted by molar-refractivity contribution is -0.0173. The summed E-state index contributed by atoms with van der Waals surface area (Å²) >= 11 is 1.50. The molecule has 0 spiro atoms. The number of hydrogen-bond donors (Lipinski definition) is 3. The highest BCUT2D eigenvalue weighted by atomic mass is 32.2. The summed E-state index contributed by atoms with van der Waals surface area (Å²) in [5.74, 6) is 0.249. The Balaban J connectivity index is 1.39. The first-order chi connectivity index (χ1) is 16.3. The summed E-state index contributed by atoms with van der Waals surface area (Å²) in [6, 6.07) is 12.5. The number of hydrogen-bond acceptors (Lipinski definition) is 7. The van der Waals surface area contributed by atoms with Crippen molar-refractivity contribution in [3.8, 4) is 0 Å². The maximum absolute atomic E-state index is 13.0. The molecule has 0 radical (unpaired) electrons. The standard InChI is InChI=1S/C23H28N3O5PS2/c1-16(2)14-23(31-32(28)29)10-12-26(13-11-23)22(27)17-6-8-18(9-7-17)25-34(30)20-5-3-4-19-21(20)24-15-33-19/h3-9,15-16,25,28-29H,10-14H2,1-2H3. The minimum Gasteiger partial charge on any atom is -0.338 e. The van der Waals surface area contributed by atoms with Gasteiger partial charge in [0, 0.05) is 24.3 Å². The minimum atomic E-state index is -2.45. The molecule has 3 aromatic rings. The second-order valence-corrected chi connectivity index (χ2v) is 11.6. The Bertz CT molecular complexity index is 1150. The number of para-hydroxylation sites is 1. The molecule has 0 aliphatic carbocycles. The number of nitrogens with one attached hydrogen (secondary N) is 1. The van der Waals surface area contributed by atoms with Crippen molar-refractivity contribution in [3.63, 3.8) is 0 Å². The highest BCUT2D eigenvalue weighted by molar-refractivity contribution is 7.86. The van der Waals surface area contributed by atoms with Crippen molar-refractivity contribution in [1.82, 2.24) is 9.88 Å². The van der Waals surface area contributed by atoms with Gasteiger partial charge in [0.25, 0.3) is 5.91 Å². The number of carbonyl (C=O) groups is 1. The summed E-state index contributed by atoms with van der Waals surface area (Å²) in [5.41, 5.74) is 3.03. The van der Waals surface area contributed by atoms with Crippen molar-refractivity contribution in [2.45, 2.75) is 43.6 Å². The second kappa shape index (κ2) is 10.8. The Labute approximate surface area is 206 Å². The van der Waals surface area contributed by atoms with Gasteiger partial charge < -0.3 is 23.9 Å². The van der Waals surface area contributed by atoms with Crippen LogP contribution >= 0.6 is 19.9 Å². The predicted molar refractivity (Wildman–Crippen MR) is 136 cm³/mol. The number of likely N-dealkylation sites (tertiary alicyclic amines) is 1. The largest absolute Gasteiger partial charge is 0.338 e. The SMILES string of the molecule is CC(C)CC1(OP(O)O)CCN(C(=O)c2ccc(NS(=O)c3cccc4scnc34)cc2)CC1. The summed E-state index contributed by atoms with van der Waals surface area (Å²) in [6.07, 6.45) is 1.82. The van der Waals surface area contributed by atoms with E-state index >= 15 is 0 Å². The van der Waals surface area contributed by atoms with Gasteiger partial charge in [-0.15, -0.1) is 11.3 Å². The van der Waals surface area contributed by atoms with E-state index in [2.05, 4.69) is 23.6 Å². The lowest BCUT2D eigenvalue weighted by Gasteiger charge is -2.42. The Morgan fingerprint density at radius 3 is 2.59 bits per heavy atom. The number of aromatic nitrogens is 1. The number of fused-ring (bicyclic) bond motifs is 1. The molecule has 182 valence electrons. The molecule has 34 heavy (non-hydrogen) atoms. The molecule has 1 aliphatic rings. The summed E-state index contributed by atoms with van der Waals surface area (Å²) in [5, 5.41) is 0. The number of thiazole rings is 1. The third-order valence-corrected chi connectivity index (χ3v) is 8.38. The molecule has 8 nitrogen and oxygen atoms in total. The summed E-state index contributed by atoms with van der Waals surface area (Å²) in [4.78, 5) is 38.6. The van der Waals surface area contributed by atoms with Crippen molar-refractivity contribution < 1.29 is 23.3 Å². The molecule has 1 aliphatic heterocycles. The molecule has 2 heterocycles. The van der Waals surface area contributed by atoms with Crippen molar-refractivity contribution in [1.29, 1.82) is 0 Å². The molecule has 11 heteroatoms. The zero-order valence-electron chi connectivity index (χ0n) is 19.0. The third-order valence-electron chi connectivity index (χ3n) is 5.88. The van der Waals surface area contributed by atoms with Gasteiger partial charge in [0.2, 0.25) is 0 Å². The predicted octanol–water partition coefficient (Wildman–Crippen LogP) is 4.68. The van der Waals surface area contributed by atoms with E-state index < -0.39 is 25.2 Å². The maximum atomic E-state index is 13.0. The average molecular weight is 522 g/mol. The Hall–Kier alpha value is -1.94. The van der Waals surface area contributed by atoms with Crippen LogP contribution in [-0.4, -0.2) is 48.5 Å². The van der Waals surface area contributed by atoms with Gasteiger partial charge in [-0.1, -0.05) is 19.9 Å². The fraction of sp³-hybridized carbons (Fsp3) is 0.391. The van der Waals surface area contributed by atoms with Gasteiger partial charge in [-0.25, -0.2) is 9.19 Å². The third kappa shape index (κ3) is 5.82. The number of rotatable bonds is 8. The van der Waals surface area contributed by atoms with Crippen LogP contribution in [0.1, 0.15) is 43.5 Å². The topological polar surface area (TPSA) is 112 Å². The van der Waals surface area contributed by atoms with Gasteiger partial charge in [0.15, 0.2) is 11.0 Å². The molecule has 0 bridgehead atoms. The van der Waals surface area contributed by atoms with E-state index in [-0.39, 0.29) is 5.91 Å². The van der Waals surface area contributed by atoms with E-state index in [1.807, 2.05) is 12.1 Å². The van der Waals surface area contributed by atoms with E-state index in [4.69, 9.17) is 4.52 Å². The van der Waals surface area contributed by atoms with Crippen LogP contribution < -0.4 is 4.72 Å². The molecular weight excluding hydrogens is 493 g/mol. The molecular formula is C23H28N3O5PS2. The van der Waals surface area contributed by atoms with E-state index in [0.29, 0.717) is 54.4 Å². The molecule has 1 fully saturated rings. The maximum Gasteiger partial charge on any atom is 0.327 e. The lowest BCUT2D eigenvalue weighted by Crippen LogP contribution is -2.48. The molecule has 2 aromatic carbocycles. The lowest BCUT2D eigenvalue weighted by atomic mass is 9.84. The quantitative estimate of drug-likeness (QED) is 0.371. The number of anilines is 1. The van der Waals surface area contributed by atoms with Gasteiger partial charge in [0.1, 0.15) is 0 Å². The molecule has 4 rings (SSSR count). The van der Waals surface area contributed by atoms with Crippen LogP contribution in [-0.2, 0) is 15.5 Å². The van der Waals surface area contributed by atoms with Crippen LogP contribution in [0.4, 0.5) is 5.69 Å². The number of piperidine rings is 1. The molecule has 1 saturated heterocycles. The van der Waals surface area contributed by atoms with E-state index in [1.165, 1.54) is 11.3 Å². The first-order valence-corrected chi connectivity index (χ1v) is 14.2. The summed E-state index contributed by atoms with van der Waals surface area (Å²) < 4.78 is 22.3. The molecule has 1 amide bonds. The first-order valence-electron chi connectivity index (χ1n) is 11.0. The van der Waals surface area contributed by atoms with Crippen LogP contribution in [0.5, 0.6) is 0 Å². The highest BCUT2D eigenvalue weighted by Crippen LogP contribution is 2.42. The Morgan fingerprint density at radius 1 is 1.24 bits per heavy atom. The smallest absolute Gasteiger partial charge is 0.327 e. The summed E-state index contributed by atoms with van der Waals surface area (Å²) in [7, 11) is -3.93. The zero-order valence-corrected chi connectivity index (χ0v) is 21.5. The van der Waals surface area contributed by atoms with Crippen molar-refractivity contribution >= 4 is 52.7 Å². The normalized spacial score (nSPS) is 16.8. The van der Waals surface area contributed by atoms with E-state index in [9.17, 15) is 18.8 Å². The number of amides is 1. The monoisotopic (exact) mass is 521 g/mol. The zero-order chi connectivity index (χ0) is 24.3. The molecule has 1 unspecified atom stereocenters. The van der Waals surface area contributed by atoms with Gasteiger partial charge >= 0.3 is 8.60 Å². The molecule has 1 atom stereocenters. The van der Waals surface area contributed by atoms with E-state index in [0.717, 1.165) is 10.2 Å². The van der Waals surface area contributed by atoms with E-state index in [1.54, 1.807) is 40.7 Å². The average Bonchev–Trinajstić information content (AvgIpc) is 3.27. The summed E-state index contributed by atoms with van der Waals surface area (Å²) in [6.45, 7) is 5.10. The van der Waals surface area contributed by atoms with Gasteiger partial charge in [-0.05, 0) is 61.6 Å². The van der Waals surface area contributed by atoms with Gasteiger partial charge in [-0.3, -0.25) is 4.79 Å². The number of benzene rings is 2. The van der Waals surface area contributed by atoms with Crippen LogP contribution in [0.15, 0.2) is 52.9 Å². The molecule has 1 aromatic heterocycles. The van der Waals surface area contributed by atoms with Crippen molar-refractivity contribution in [2.75, 3.05) is 17.8 Å². The minimum absolute atomic E-state index is 0.0895. The molecule has 3 N–H and O–H groups in total. The van der Waals surface area contributed by atoms with Crippen molar-refractivity contribution in [2.24, 2.45) is 5.92 Å². The van der Waals surface area contributed by atoms with Crippen LogP contribution in [0.3, 0.4) is 0 Å². The van der Waals surface area contributed by atoms with Crippen LogP contribution in [0.25, 0.3) is 10.2 Å². The van der Waals surface area contributed by atoms with Crippen LogP contribution in [0.2, 0.25) is 0 Å². The fourth-order valence-corrected chi connectivity index (χ4v) is 6.77. The Kier molecular flexibility index (Phi) is 7.97. The molecule has 0 saturated carbocycles. The van der Waals surface area contributed by atoms with Gasteiger partial charge in [0.05, 0.1) is 26.2 Å². The van der Waals surface area contributed by atoms with Crippen LogP contribution in [0, 0.1) is 5.92 Å². The highest BCUT2D eigenvalue weighted by Gasteiger charge is 2.39.